The molecule has 1 amide bonds. The Balaban J connectivity index is 3.11. The average molecular weight is 386 g/mol. The number of hydrogen-bond acceptors (Lipinski definition) is 5. The molecule has 1 unspecified atom stereocenters. The van der Waals surface area contributed by atoms with Crippen LogP contribution in [0.1, 0.15) is 16.8 Å². The standard InChI is InChI=1S/C13H11F5N2O6/c14-10(15)4-8(12(22)23)19-11(21)7-3-6(26-5-13(16,17)18)1-2-9(7)20(24)25/h1-3,8,10H,4-5H2,(H,19,21)(H,22,23). The Kier molecular flexibility index (Phi) is 6.80. The second-order valence-electron chi connectivity index (χ2n) is 4.83. The van der Waals surface area contributed by atoms with Crippen molar-refractivity contribution < 1.29 is 46.3 Å². The summed E-state index contributed by atoms with van der Waals surface area (Å²) in [6, 6.07) is 0.000216. The van der Waals surface area contributed by atoms with E-state index in [1.807, 2.05) is 0 Å². The second-order valence-corrected chi connectivity index (χ2v) is 4.83. The first-order valence-electron chi connectivity index (χ1n) is 6.70. The molecule has 26 heavy (non-hydrogen) atoms. The van der Waals surface area contributed by atoms with Crippen LogP contribution in [0.5, 0.6) is 5.75 Å². The first-order valence-corrected chi connectivity index (χ1v) is 6.70. The molecule has 0 bridgehead atoms. The third kappa shape index (κ3) is 6.49. The number of nitro groups is 1. The lowest BCUT2D eigenvalue weighted by molar-refractivity contribution is -0.385. The van der Waals surface area contributed by atoms with E-state index in [0.29, 0.717) is 12.1 Å². The van der Waals surface area contributed by atoms with Crippen LogP contribution in [-0.4, -0.2) is 47.2 Å². The van der Waals surface area contributed by atoms with Gasteiger partial charge in [0, 0.05) is 12.5 Å². The fourth-order valence-corrected chi connectivity index (χ4v) is 1.75. The molecule has 144 valence electrons. The number of nitrogens with one attached hydrogen (secondary N) is 1. The van der Waals surface area contributed by atoms with Crippen LogP contribution in [0.15, 0.2) is 18.2 Å². The van der Waals surface area contributed by atoms with Gasteiger partial charge in [-0.2, -0.15) is 13.2 Å². The minimum atomic E-state index is -4.71. The van der Waals surface area contributed by atoms with Crippen LogP contribution in [0.25, 0.3) is 0 Å². The van der Waals surface area contributed by atoms with E-state index in [9.17, 15) is 41.7 Å². The number of alkyl halides is 5. The Bertz CT molecular complexity index is 694. The normalized spacial score (nSPS) is 12.5. The summed E-state index contributed by atoms with van der Waals surface area (Å²) in [7, 11) is 0. The Labute approximate surface area is 141 Å². The zero-order valence-corrected chi connectivity index (χ0v) is 12.6. The number of rotatable bonds is 8. The molecule has 0 aliphatic heterocycles. The van der Waals surface area contributed by atoms with Crippen molar-refractivity contribution in [2.24, 2.45) is 0 Å². The summed E-state index contributed by atoms with van der Waals surface area (Å²) in [5.74, 6) is -3.80. The molecule has 0 spiro atoms. The van der Waals surface area contributed by atoms with Crippen LogP contribution in [0.4, 0.5) is 27.6 Å². The molecule has 13 heteroatoms. The van der Waals surface area contributed by atoms with Gasteiger partial charge in [0.25, 0.3) is 11.6 Å². The van der Waals surface area contributed by atoms with Gasteiger partial charge < -0.3 is 15.2 Å². The van der Waals surface area contributed by atoms with Crippen LogP contribution in [0.3, 0.4) is 0 Å². The molecule has 1 atom stereocenters. The molecule has 0 saturated heterocycles. The number of hydrogen-bond donors (Lipinski definition) is 2. The average Bonchev–Trinajstić information content (AvgIpc) is 2.50. The topological polar surface area (TPSA) is 119 Å². The molecule has 2 N–H and O–H groups in total. The summed E-state index contributed by atoms with van der Waals surface area (Å²) in [5.41, 5.74) is -1.71. The summed E-state index contributed by atoms with van der Waals surface area (Å²) in [6.07, 6.45) is -9.07. The molecular weight excluding hydrogens is 375 g/mol. The van der Waals surface area contributed by atoms with Gasteiger partial charge in [0.1, 0.15) is 17.4 Å². The minimum Gasteiger partial charge on any atom is -0.484 e. The highest BCUT2D eigenvalue weighted by Gasteiger charge is 2.30. The van der Waals surface area contributed by atoms with Gasteiger partial charge >= 0.3 is 12.1 Å². The quantitative estimate of drug-likeness (QED) is 0.402. The van der Waals surface area contributed by atoms with Crippen molar-refractivity contribution in [1.29, 1.82) is 0 Å². The third-order valence-electron chi connectivity index (χ3n) is 2.83. The summed E-state index contributed by atoms with van der Waals surface area (Å²) >= 11 is 0. The Morgan fingerprint density at radius 3 is 2.38 bits per heavy atom. The Hall–Kier alpha value is -2.99. The van der Waals surface area contributed by atoms with Crippen molar-refractivity contribution in [1.82, 2.24) is 5.32 Å². The van der Waals surface area contributed by atoms with Crippen LogP contribution < -0.4 is 10.1 Å². The van der Waals surface area contributed by atoms with Crippen LogP contribution in [-0.2, 0) is 4.79 Å². The SMILES string of the molecule is O=C(NC(CC(F)F)C(=O)O)c1cc(OCC(F)(F)F)ccc1[N+](=O)[O-]. The number of amides is 1. The summed E-state index contributed by atoms with van der Waals surface area (Å²) in [6.45, 7) is -1.74. The van der Waals surface area contributed by atoms with Crippen LogP contribution in [0, 0.1) is 10.1 Å². The fourth-order valence-electron chi connectivity index (χ4n) is 1.75. The molecule has 0 fully saturated rings. The molecule has 1 rings (SSSR count). The van der Waals surface area contributed by atoms with E-state index in [-0.39, 0.29) is 0 Å². The van der Waals surface area contributed by atoms with Crippen molar-refractivity contribution in [3.05, 3.63) is 33.9 Å². The van der Waals surface area contributed by atoms with Crippen molar-refractivity contribution in [2.75, 3.05) is 6.61 Å². The number of nitro benzene ring substituents is 1. The number of carbonyl (C=O) groups is 2. The fraction of sp³-hybridized carbons (Fsp3) is 0.385. The monoisotopic (exact) mass is 386 g/mol. The largest absolute Gasteiger partial charge is 0.484 e. The Morgan fingerprint density at radius 2 is 1.92 bits per heavy atom. The molecule has 0 aliphatic carbocycles. The van der Waals surface area contributed by atoms with Gasteiger partial charge in [0.2, 0.25) is 6.43 Å². The van der Waals surface area contributed by atoms with Crippen LogP contribution in [0.2, 0.25) is 0 Å². The molecule has 8 nitrogen and oxygen atoms in total. The molecule has 1 aromatic carbocycles. The number of aliphatic carboxylic acids is 1. The van der Waals surface area contributed by atoms with E-state index in [1.165, 1.54) is 0 Å². The summed E-state index contributed by atoms with van der Waals surface area (Å²) in [5, 5.41) is 21.4. The van der Waals surface area contributed by atoms with Crippen molar-refractivity contribution in [2.45, 2.75) is 25.1 Å². The first kappa shape index (κ1) is 21.1. The predicted molar refractivity (Wildman–Crippen MR) is 74.2 cm³/mol. The number of halogens is 5. The van der Waals surface area contributed by atoms with Crippen molar-refractivity contribution in [3.8, 4) is 5.75 Å². The highest BCUT2D eigenvalue weighted by molar-refractivity contribution is 6.00. The zero-order chi connectivity index (χ0) is 20.1. The maximum absolute atomic E-state index is 12.3. The number of nitrogens with zero attached hydrogens (tertiary/aromatic N) is 1. The number of ether oxygens (including phenoxy) is 1. The number of carboxylic acids is 1. The minimum absolute atomic E-state index is 0.557. The first-order chi connectivity index (χ1) is 11.9. The van der Waals surface area contributed by atoms with Gasteiger partial charge in [-0.05, 0) is 12.1 Å². The highest BCUT2D eigenvalue weighted by Crippen LogP contribution is 2.26. The predicted octanol–water partition coefficient (Wildman–Crippen LogP) is 2.37. The van der Waals surface area contributed by atoms with Crippen LogP contribution >= 0.6 is 0 Å². The molecule has 0 aromatic heterocycles. The van der Waals surface area contributed by atoms with Gasteiger partial charge in [-0.1, -0.05) is 0 Å². The van der Waals surface area contributed by atoms with E-state index >= 15 is 0 Å². The van der Waals surface area contributed by atoms with E-state index in [1.54, 1.807) is 5.32 Å². The van der Waals surface area contributed by atoms with Gasteiger partial charge in [0.15, 0.2) is 6.61 Å². The number of carbonyl (C=O) groups excluding carboxylic acids is 1. The Morgan fingerprint density at radius 1 is 1.31 bits per heavy atom. The van der Waals surface area contributed by atoms with E-state index in [4.69, 9.17) is 5.11 Å². The molecule has 0 aliphatic rings. The molecule has 0 saturated carbocycles. The van der Waals surface area contributed by atoms with Crippen molar-refractivity contribution in [3.63, 3.8) is 0 Å². The zero-order valence-electron chi connectivity index (χ0n) is 12.6. The van der Waals surface area contributed by atoms with Gasteiger partial charge in [-0.3, -0.25) is 14.9 Å². The number of carboxylic acid groups (broad SMARTS) is 1. The summed E-state index contributed by atoms with van der Waals surface area (Å²) < 4.78 is 65.4. The molecule has 1 aromatic rings. The van der Waals surface area contributed by atoms with E-state index < -0.39 is 65.5 Å². The maximum atomic E-state index is 12.3. The lowest BCUT2D eigenvalue weighted by Crippen LogP contribution is -2.42. The van der Waals surface area contributed by atoms with E-state index in [2.05, 4.69) is 4.74 Å². The highest BCUT2D eigenvalue weighted by atomic mass is 19.4. The lowest BCUT2D eigenvalue weighted by Gasteiger charge is -2.15. The second kappa shape index (κ2) is 8.40. The smallest absolute Gasteiger partial charge is 0.422 e. The molecule has 0 heterocycles. The summed E-state index contributed by atoms with van der Waals surface area (Å²) in [4.78, 5) is 32.8. The lowest BCUT2D eigenvalue weighted by atomic mass is 10.1. The molecule has 0 radical (unpaired) electrons. The van der Waals surface area contributed by atoms with E-state index in [0.717, 1.165) is 6.07 Å². The number of benzene rings is 1. The van der Waals surface area contributed by atoms with Gasteiger partial charge in [0.05, 0.1) is 4.92 Å². The van der Waals surface area contributed by atoms with Gasteiger partial charge in [-0.25, -0.2) is 13.6 Å². The maximum Gasteiger partial charge on any atom is 0.422 e. The van der Waals surface area contributed by atoms with Gasteiger partial charge in [-0.15, -0.1) is 0 Å². The third-order valence-corrected chi connectivity index (χ3v) is 2.83. The molecular formula is C13H11F5N2O6. The van der Waals surface area contributed by atoms with Crippen molar-refractivity contribution >= 4 is 17.6 Å².